The number of rotatable bonds is 6. The normalized spacial score (nSPS) is 14.3. The summed E-state index contributed by atoms with van der Waals surface area (Å²) in [6.45, 7) is 1.54. The molecule has 0 unspecified atom stereocenters. The van der Waals surface area contributed by atoms with E-state index in [4.69, 9.17) is 0 Å². The Morgan fingerprint density at radius 3 is 2.48 bits per heavy atom. The third-order valence-electron chi connectivity index (χ3n) is 3.72. The minimum atomic E-state index is -4.80. The fourth-order valence-electron chi connectivity index (χ4n) is 2.52. The number of hydrogen-bond donors (Lipinski definition) is 2. The van der Waals surface area contributed by atoms with Crippen LogP contribution in [0.4, 0.5) is 18.0 Å². The zero-order chi connectivity index (χ0) is 18.3. The third kappa shape index (κ3) is 6.52. The molecule has 9 heteroatoms. The van der Waals surface area contributed by atoms with Gasteiger partial charge in [-0.1, -0.05) is 18.2 Å². The molecule has 1 aliphatic heterocycles. The number of alkyl halides is 3. The first-order valence-electron chi connectivity index (χ1n) is 7.98. The van der Waals surface area contributed by atoms with Gasteiger partial charge in [-0.3, -0.25) is 4.79 Å². The molecular weight excluding hydrogens is 339 g/mol. The average Bonchev–Trinajstić information content (AvgIpc) is 3.07. The summed E-state index contributed by atoms with van der Waals surface area (Å²) in [6.07, 6.45) is -2.60. The molecule has 2 N–H and O–H groups in total. The van der Waals surface area contributed by atoms with Crippen molar-refractivity contribution in [3.8, 4) is 5.75 Å². The number of hydrogen-bond acceptors (Lipinski definition) is 3. The molecule has 1 saturated heterocycles. The number of halogens is 3. The van der Waals surface area contributed by atoms with Gasteiger partial charge in [-0.25, -0.2) is 4.79 Å². The highest BCUT2D eigenvalue weighted by Crippen LogP contribution is 2.25. The zero-order valence-electron chi connectivity index (χ0n) is 13.6. The van der Waals surface area contributed by atoms with Crippen molar-refractivity contribution in [2.75, 3.05) is 19.6 Å². The largest absolute Gasteiger partial charge is 0.573 e. The van der Waals surface area contributed by atoms with Gasteiger partial charge in [0.1, 0.15) is 5.75 Å². The van der Waals surface area contributed by atoms with E-state index in [9.17, 15) is 22.8 Å². The summed E-state index contributed by atoms with van der Waals surface area (Å²) < 4.78 is 40.9. The number of carbonyl (C=O) groups is 2. The maximum Gasteiger partial charge on any atom is 0.573 e. The lowest BCUT2D eigenvalue weighted by atomic mass is 10.2. The van der Waals surface area contributed by atoms with Crippen LogP contribution in [0.1, 0.15) is 24.8 Å². The second-order valence-corrected chi connectivity index (χ2v) is 5.60. The summed E-state index contributed by atoms with van der Waals surface area (Å²) in [4.78, 5) is 25.3. The molecule has 1 heterocycles. The number of carbonyl (C=O) groups excluding carboxylic acids is 2. The molecule has 1 aromatic rings. The number of likely N-dealkylation sites (tertiary alicyclic amines) is 1. The molecule has 138 valence electrons. The molecule has 0 bridgehead atoms. The second kappa shape index (κ2) is 8.59. The van der Waals surface area contributed by atoms with Crippen molar-refractivity contribution in [3.05, 3.63) is 29.8 Å². The van der Waals surface area contributed by atoms with E-state index in [2.05, 4.69) is 15.4 Å². The number of ether oxygens (including phenoxy) is 1. The second-order valence-electron chi connectivity index (χ2n) is 5.60. The molecule has 2 rings (SSSR count). The van der Waals surface area contributed by atoms with E-state index in [1.54, 1.807) is 11.0 Å². The molecule has 0 aliphatic carbocycles. The zero-order valence-corrected chi connectivity index (χ0v) is 13.6. The van der Waals surface area contributed by atoms with E-state index in [0.717, 1.165) is 25.9 Å². The topological polar surface area (TPSA) is 70.7 Å². The minimum absolute atomic E-state index is 0.0123. The number of para-hydroxylation sites is 1. The highest BCUT2D eigenvalue weighted by atomic mass is 19.4. The van der Waals surface area contributed by atoms with Crippen molar-refractivity contribution in [1.29, 1.82) is 0 Å². The Morgan fingerprint density at radius 1 is 1.12 bits per heavy atom. The molecule has 1 aromatic carbocycles. The molecule has 0 aromatic heterocycles. The Morgan fingerprint density at radius 2 is 1.80 bits per heavy atom. The summed E-state index contributed by atoms with van der Waals surface area (Å²) in [5.74, 6) is -0.374. The van der Waals surface area contributed by atoms with Crippen molar-refractivity contribution in [2.24, 2.45) is 0 Å². The lowest BCUT2D eigenvalue weighted by Crippen LogP contribution is -2.38. The van der Waals surface area contributed by atoms with Gasteiger partial charge in [0.05, 0.1) is 0 Å². The molecule has 0 radical (unpaired) electrons. The maximum atomic E-state index is 12.3. The average molecular weight is 359 g/mol. The van der Waals surface area contributed by atoms with Gasteiger partial charge >= 0.3 is 12.4 Å². The molecule has 3 amide bonds. The maximum absolute atomic E-state index is 12.3. The summed E-state index contributed by atoms with van der Waals surface area (Å²) in [7, 11) is 0. The van der Waals surface area contributed by atoms with Crippen molar-refractivity contribution >= 4 is 11.9 Å². The standard InChI is InChI=1S/C16H20F3N3O3/c17-16(18,19)25-13-6-2-1-5-12(13)11-21-15(24)20-8-7-14(23)22-9-3-4-10-22/h1-2,5-6H,3-4,7-11H2,(H2,20,21,24). The fraction of sp³-hybridized carbons (Fsp3) is 0.500. The lowest BCUT2D eigenvalue weighted by Gasteiger charge is -2.16. The lowest BCUT2D eigenvalue weighted by molar-refractivity contribution is -0.274. The predicted molar refractivity (Wildman–Crippen MR) is 83.8 cm³/mol. The van der Waals surface area contributed by atoms with Gasteiger partial charge in [0, 0.05) is 38.2 Å². The first-order chi connectivity index (χ1) is 11.8. The minimum Gasteiger partial charge on any atom is -0.405 e. The first-order valence-corrected chi connectivity index (χ1v) is 7.98. The van der Waals surface area contributed by atoms with Gasteiger partial charge in [0.15, 0.2) is 0 Å². The molecule has 25 heavy (non-hydrogen) atoms. The SMILES string of the molecule is O=C(NCCC(=O)N1CCCC1)NCc1ccccc1OC(F)(F)F. The number of benzene rings is 1. The molecule has 6 nitrogen and oxygen atoms in total. The van der Waals surface area contributed by atoms with E-state index in [-0.39, 0.29) is 36.7 Å². The molecule has 0 saturated carbocycles. The van der Waals surface area contributed by atoms with Crippen molar-refractivity contribution in [1.82, 2.24) is 15.5 Å². The molecule has 0 atom stereocenters. The number of nitrogens with one attached hydrogen (secondary N) is 2. The van der Waals surface area contributed by atoms with E-state index >= 15 is 0 Å². The summed E-state index contributed by atoms with van der Waals surface area (Å²) in [6, 6.07) is 5.01. The van der Waals surface area contributed by atoms with E-state index in [0.29, 0.717) is 0 Å². The predicted octanol–water partition coefficient (Wildman–Crippen LogP) is 2.40. The monoisotopic (exact) mass is 359 g/mol. The van der Waals surface area contributed by atoms with Gasteiger partial charge in [-0.15, -0.1) is 13.2 Å². The van der Waals surface area contributed by atoms with Gasteiger partial charge in [-0.2, -0.15) is 0 Å². The fourth-order valence-corrected chi connectivity index (χ4v) is 2.52. The summed E-state index contributed by atoms with van der Waals surface area (Å²) in [5.41, 5.74) is 0.197. The van der Waals surface area contributed by atoms with Gasteiger partial charge < -0.3 is 20.3 Å². The van der Waals surface area contributed by atoms with E-state index < -0.39 is 12.4 Å². The van der Waals surface area contributed by atoms with Crippen LogP contribution in [0.5, 0.6) is 5.75 Å². The Kier molecular flexibility index (Phi) is 6.49. The van der Waals surface area contributed by atoms with Crippen LogP contribution in [0.2, 0.25) is 0 Å². The van der Waals surface area contributed by atoms with Crippen molar-refractivity contribution in [2.45, 2.75) is 32.2 Å². The van der Waals surface area contributed by atoms with Crippen LogP contribution in [-0.2, 0) is 11.3 Å². The van der Waals surface area contributed by atoms with Crippen molar-refractivity contribution in [3.63, 3.8) is 0 Å². The van der Waals surface area contributed by atoms with Crippen LogP contribution < -0.4 is 15.4 Å². The van der Waals surface area contributed by atoms with Gasteiger partial charge in [0.2, 0.25) is 5.91 Å². The van der Waals surface area contributed by atoms with Crippen LogP contribution in [0, 0.1) is 0 Å². The van der Waals surface area contributed by atoms with Gasteiger partial charge in [-0.05, 0) is 18.9 Å². The summed E-state index contributed by atoms with van der Waals surface area (Å²) in [5, 5.41) is 4.96. The Bertz CT molecular complexity index is 602. The van der Waals surface area contributed by atoms with Crippen LogP contribution in [0.15, 0.2) is 24.3 Å². The Labute approximate surface area is 143 Å². The van der Waals surface area contributed by atoms with Crippen LogP contribution in [-0.4, -0.2) is 42.8 Å². The molecular formula is C16H20F3N3O3. The Hall–Kier alpha value is -2.45. The van der Waals surface area contributed by atoms with Crippen LogP contribution in [0.25, 0.3) is 0 Å². The molecule has 1 fully saturated rings. The quantitative estimate of drug-likeness (QED) is 0.819. The number of amides is 3. The van der Waals surface area contributed by atoms with Crippen LogP contribution in [0.3, 0.4) is 0 Å². The molecule has 0 spiro atoms. The number of urea groups is 1. The smallest absolute Gasteiger partial charge is 0.405 e. The highest BCUT2D eigenvalue weighted by Gasteiger charge is 2.32. The molecule has 1 aliphatic rings. The van der Waals surface area contributed by atoms with Crippen molar-refractivity contribution < 1.29 is 27.5 Å². The van der Waals surface area contributed by atoms with E-state index in [1.807, 2.05) is 0 Å². The summed E-state index contributed by atoms with van der Waals surface area (Å²) >= 11 is 0. The number of nitrogens with zero attached hydrogens (tertiary/aromatic N) is 1. The van der Waals surface area contributed by atoms with Crippen LogP contribution >= 0.6 is 0 Å². The Balaban J connectivity index is 1.73. The first kappa shape index (κ1) is 18.9. The third-order valence-corrected chi connectivity index (χ3v) is 3.72. The highest BCUT2D eigenvalue weighted by molar-refractivity contribution is 5.78. The van der Waals surface area contributed by atoms with E-state index in [1.165, 1.54) is 18.2 Å². The van der Waals surface area contributed by atoms with Gasteiger partial charge in [0.25, 0.3) is 0 Å².